The summed E-state index contributed by atoms with van der Waals surface area (Å²) in [4.78, 5) is 14.7. The zero-order chi connectivity index (χ0) is 14.7. The number of nitrogens with zero attached hydrogens (tertiary/aromatic N) is 2. The summed E-state index contributed by atoms with van der Waals surface area (Å²) >= 11 is 9.27. The molecule has 0 saturated carbocycles. The van der Waals surface area contributed by atoms with Crippen LogP contribution in [0.4, 0.5) is 23.0 Å². The van der Waals surface area contributed by atoms with Crippen molar-refractivity contribution >= 4 is 50.5 Å². The van der Waals surface area contributed by atoms with Crippen LogP contribution < -0.4 is 10.6 Å². The Hall–Kier alpha value is -1.86. The Morgan fingerprint density at radius 2 is 2.10 bits per heavy atom. The number of anilines is 3. The van der Waals surface area contributed by atoms with Crippen molar-refractivity contribution in [3.63, 3.8) is 0 Å². The lowest BCUT2D eigenvalue weighted by molar-refractivity contribution is -0.384. The third-order valence-electron chi connectivity index (χ3n) is 2.51. The summed E-state index contributed by atoms with van der Waals surface area (Å²) in [6.07, 6.45) is 0. The Morgan fingerprint density at radius 1 is 1.35 bits per heavy atom. The highest BCUT2D eigenvalue weighted by atomic mass is 79.9. The second-order valence-electron chi connectivity index (χ2n) is 3.82. The van der Waals surface area contributed by atoms with E-state index in [0.717, 1.165) is 4.47 Å². The maximum atomic E-state index is 11.0. The summed E-state index contributed by atoms with van der Waals surface area (Å²) in [5.41, 5.74) is 0.484. The Bertz CT molecular complexity index is 666. The van der Waals surface area contributed by atoms with Crippen LogP contribution in [0.1, 0.15) is 0 Å². The minimum absolute atomic E-state index is 0.115. The van der Waals surface area contributed by atoms with E-state index in [9.17, 15) is 10.1 Å². The molecule has 2 rings (SSSR count). The average molecular weight is 358 g/mol. The number of benzene rings is 1. The first-order valence-corrected chi connectivity index (χ1v) is 6.73. The predicted molar refractivity (Wildman–Crippen MR) is 82.9 cm³/mol. The molecule has 1 heterocycles. The fourth-order valence-electron chi connectivity index (χ4n) is 1.55. The monoisotopic (exact) mass is 356 g/mol. The third-order valence-corrected chi connectivity index (χ3v) is 3.43. The van der Waals surface area contributed by atoms with E-state index in [0.29, 0.717) is 16.5 Å². The van der Waals surface area contributed by atoms with Crippen molar-refractivity contribution in [1.82, 2.24) is 4.98 Å². The third kappa shape index (κ3) is 3.17. The van der Waals surface area contributed by atoms with Crippen molar-refractivity contribution in [2.75, 3.05) is 17.7 Å². The van der Waals surface area contributed by atoms with E-state index < -0.39 is 4.92 Å². The fraction of sp³-hybridized carbons (Fsp3) is 0.0833. The molecule has 0 fully saturated rings. The molecule has 0 radical (unpaired) electrons. The van der Waals surface area contributed by atoms with Gasteiger partial charge in [-0.05, 0) is 40.2 Å². The van der Waals surface area contributed by atoms with Crippen LogP contribution in [0, 0.1) is 10.1 Å². The molecule has 0 unspecified atom stereocenters. The van der Waals surface area contributed by atoms with Gasteiger partial charge in [-0.15, -0.1) is 0 Å². The smallest absolute Gasteiger partial charge is 0.311 e. The lowest BCUT2D eigenvalue weighted by Gasteiger charge is -2.10. The minimum atomic E-state index is -0.493. The topological polar surface area (TPSA) is 80.1 Å². The van der Waals surface area contributed by atoms with Crippen LogP contribution >= 0.6 is 27.5 Å². The van der Waals surface area contributed by atoms with Crippen molar-refractivity contribution < 1.29 is 4.92 Å². The molecule has 1 aromatic heterocycles. The van der Waals surface area contributed by atoms with Crippen LogP contribution in [-0.4, -0.2) is 17.0 Å². The molecule has 0 aliphatic heterocycles. The van der Waals surface area contributed by atoms with Crippen LogP contribution in [0.2, 0.25) is 5.02 Å². The highest BCUT2D eigenvalue weighted by molar-refractivity contribution is 9.10. The molecule has 0 amide bonds. The van der Waals surface area contributed by atoms with Gasteiger partial charge in [0.2, 0.25) is 5.82 Å². The SMILES string of the molecule is CNc1ccc([N+](=O)[O-])c(Nc2cc(Cl)ccc2Br)n1. The van der Waals surface area contributed by atoms with Crippen molar-refractivity contribution in [3.8, 4) is 0 Å². The lowest BCUT2D eigenvalue weighted by Crippen LogP contribution is -2.02. The first-order chi connectivity index (χ1) is 9.51. The number of hydrogen-bond donors (Lipinski definition) is 2. The molecule has 0 aliphatic rings. The number of halogens is 2. The van der Waals surface area contributed by atoms with Crippen LogP contribution in [0.3, 0.4) is 0 Å². The van der Waals surface area contributed by atoms with Gasteiger partial charge in [0.05, 0.1) is 10.6 Å². The highest BCUT2D eigenvalue weighted by Gasteiger charge is 2.17. The Morgan fingerprint density at radius 3 is 2.75 bits per heavy atom. The van der Waals surface area contributed by atoms with E-state index in [2.05, 4.69) is 31.5 Å². The van der Waals surface area contributed by atoms with Crippen molar-refractivity contribution in [1.29, 1.82) is 0 Å². The average Bonchev–Trinajstić information content (AvgIpc) is 2.42. The van der Waals surface area contributed by atoms with Gasteiger partial charge in [-0.25, -0.2) is 4.98 Å². The molecule has 8 heteroatoms. The predicted octanol–water partition coefficient (Wildman–Crippen LogP) is 4.19. The quantitative estimate of drug-likeness (QED) is 0.633. The summed E-state index contributed by atoms with van der Waals surface area (Å²) in [6, 6.07) is 8.04. The maximum absolute atomic E-state index is 11.0. The van der Waals surface area contributed by atoms with Crippen molar-refractivity contribution in [2.24, 2.45) is 0 Å². The molecule has 104 valence electrons. The molecule has 1 aromatic carbocycles. The largest absolute Gasteiger partial charge is 0.373 e. The van der Waals surface area contributed by atoms with Gasteiger partial charge in [0.15, 0.2) is 0 Å². The first kappa shape index (κ1) is 14.5. The van der Waals surface area contributed by atoms with E-state index in [-0.39, 0.29) is 11.5 Å². The number of nitro groups is 1. The van der Waals surface area contributed by atoms with Gasteiger partial charge in [-0.2, -0.15) is 0 Å². The Labute approximate surface area is 128 Å². The molecule has 2 aromatic rings. The Balaban J connectivity index is 2.45. The number of nitrogens with one attached hydrogen (secondary N) is 2. The van der Waals surface area contributed by atoms with E-state index in [1.54, 1.807) is 25.2 Å². The van der Waals surface area contributed by atoms with Gasteiger partial charge < -0.3 is 10.6 Å². The molecule has 0 spiro atoms. The Kier molecular flexibility index (Phi) is 4.41. The zero-order valence-electron chi connectivity index (χ0n) is 10.4. The summed E-state index contributed by atoms with van der Waals surface area (Å²) in [5, 5.41) is 17.3. The van der Waals surface area contributed by atoms with Crippen molar-refractivity contribution in [2.45, 2.75) is 0 Å². The molecule has 0 saturated heterocycles. The summed E-state index contributed by atoms with van der Waals surface area (Å²) in [5.74, 6) is 0.668. The second-order valence-corrected chi connectivity index (χ2v) is 5.11. The molecule has 0 bridgehead atoms. The fourth-order valence-corrected chi connectivity index (χ4v) is 2.07. The van der Waals surface area contributed by atoms with Crippen molar-refractivity contribution in [3.05, 3.63) is 49.9 Å². The van der Waals surface area contributed by atoms with Gasteiger partial charge in [0.1, 0.15) is 5.82 Å². The summed E-state index contributed by atoms with van der Waals surface area (Å²) < 4.78 is 0.729. The molecule has 20 heavy (non-hydrogen) atoms. The van der Waals surface area contributed by atoms with Gasteiger partial charge in [-0.1, -0.05) is 11.6 Å². The standard InChI is InChI=1S/C12H10BrClN4O2/c1-15-11-5-4-10(18(19)20)12(17-11)16-9-6-7(14)2-3-8(9)13/h2-6H,1H3,(H2,15,16,17). The lowest BCUT2D eigenvalue weighted by atomic mass is 10.3. The van der Waals surface area contributed by atoms with E-state index in [4.69, 9.17) is 11.6 Å². The summed E-state index contributed by atoms with van der Waals surface area (Å²) in [7, 11) is 1.69. The minimum Gasteiger partial charge on any atom is -0.373 e. The molecular formula is C12H10BrClN4O2. The molecule has 6 nitrogen and oxygen atoms in total. The number of hydrogen-bond acceptors (Lipinski definition) is 5. The van der Waals surface area contributed by atoms with Gasteiger partial charge >= 0.3 is 5.69 Å². The highest BCUT2D eigenvalue weighted by Crippen LogP contribution is 2.32. The summed E-state index contributed by atoms with van der Waals surface area (Å²) in [6.45, 7) is 0. The van der Waals surface area contributed by atoms with Gasteiger partial charge in [0.25, 0.3) is 0 Å². The number of pyridine rings is 1. The van der Waals surface area contributed by atoms with Gasteiger partial charge in [-0.3, -0.25) is 10.1 Å². The number of rotatable bonds is 4. The molecular weight excluding hydrogens is 348 g/mol. The van der Waals surface area contributed by atoms with Crippen LogP contribution in [0.15, 0.2) is 34.8 Å². The van der Waals surface area contributed by atoms with Gasteiger partial charge in [0, 0.05) is 22.6 Å². The first-order valence-electron chi connectivity index (χ1n) is 5.56. The second kappa shape index (κ2) is 6.06. The number of aromatic nitrogens is 1. The maximum Gasteiger partial charge on any atom is 0.311 e. The zero-order valence-corrected chi connectivity index (χ0v) is 12.7. The van der Waals surface area contributed by atoms with E-state index in [1.807, 2.05) is 0 Å². The van der Waals surface area contributed by atoms with E-state index in [1.165, 1.54) is 12.1 Å². The molecule has 0 aliphatic carbocycles. The van der Waals surface area contributed by atoms with Crippen LogP contribution in [-0.2, 0) is 0 Å². The van der Waals surface area contributed by atoms with Crippen LogP contribution in [0.5, 0.6) is 0 Å². The molecule has 2 N–H and O–H groups in total. The molecule has 0 atom stereocenters. The van der Waals surface area contributed by atoms with E-state index >= 15 is 0 Å². The van der Waals surface area contributed by atoms with Crippen LogP contribution in [0.25, 0.3) is 0 Å². The normalized spacial score (nSPS) is 10.2.